The van der Waals surface area contributed by atoms with Crippen LogP contribution in [0.2, 0.25) is 0 Å². The summed E-state index contributed by atoms with van der Waals surface area (Å²) in [6.07, 6.45) is 0.531. The topological polar surface area (TPSA) is 92.7 Å². The highest BCUT2D eigenvalue weighted by atomic mass is 32.2. The third-order valence-corrected chi connectivity index (χ3v) is 5.16. The Kier molecular flexibility index (Phi) is 4.06. The highest BCUT2D eigenvalue weighted by Crippen LogP contribution is 2.32. The van der Waals surface area contributed by atoms with Crippen LogP contribution in [0.3, 0.4) is 0 Å². The summed E-state index contributed by atoms with van der Waals surface area (Å²) in [5.74, 6) is -0.423. The monoisotopic (exact) mass is 333 g/mol. The second kappa shape index (κ2) is 6.02. The van der Waals surface area contributed by atoms with Crippen molar-refractivity contribution in [3.8, 4) is 5.75 Å². The zero-order valence-corrected chi connectivity index (χ0v) is 12.9. The van der Waals surface area contributed by atoms with E-state index in [1.165, 1.54) is 24.3 Å². The van der Waals surface area contributed by atoms with Gasteiger partial charge in [-0.25, -0.2) is 17.9 Å². The molecule has 3 rings (SSSR count). The predicted molar refractivity (Wildman–Crippen MR) is 83.0 cm³/mol. The molecule has 0 bridgehead atoms. The second-order valence-electron chi connectivity index (χ2n) is 5.18. The van der Waals surface area contributed by atoms with Gasteiger partial charge in [0, 0.05) is 12.0 Å². The van der Waals surface area contributed by atoms with E-state index in [0.29, 0.717) is 18.8 Å². The van der Waals surface area contributed by atoms with Crippen molar-refractivity contribution < 1.29 is 23.1 Å². The Hall–Kier alpha value is -2.38. The number of carboxylic acids is 1. The summed E-state index contributed by atoms with van der Waals surface area (Å²) in [4.78, 5) is 10.9. The van der Waals surface area contributed by atoms with Crippen molar-refractivity contribution in [1.29, 1.82) is 0 Å². The minimum absolute atomic E-state index is 0.0338. The molecule has 120 valence electrons. The number of aromatic carboxylic acids is 1. The van der Waals surface area contributed by atoms with E-state index in [9.17, 15) is 13.2 Å². The molecular formula is C16H15NO5S. The summed E-state index contributed by atoms with van der Waals surface area (Å²) >= 11 is 0. The van der Waals surface area contributed by atoms with Crippen molar-refractivity contribution in [2.75, 3.05) is 6.61 Å². The largest absolute Gasteiger partial charge is 0.493 e. The summed E-state index contributed by atoms with van der Waals surface area (Å²) < 4.78 is 33.2. The normalized spacial score (nSPS) is 17.1. The first-order valence-corrected chi connectivity index (χ1v) is 8.53. The molecule has 0 aliphatic carbocycles. The van der Waals surface area contributed by atoms with E-state index < -0.39 is 16.0 Å². The fourth-order valence-corrected chi connectivity index (χ4v) is 3.75. The Balaban J connectivity index is 1.86. The SMILES string of the molecule is O=C(O)c1ccc(S(=O)(=O)NC2CCOc3ccccc32)cc1. The molecule has 2 aromatic rings. The highest BCUT2D eigenvalue weighted by molar-refractivity contribution is 7.89. The molecule has 0 spiro atoms. The first kappa shape index (κ1) is 15.5. The maximum atomic E-state index is 12.5. The molecule has 1 heterocycles. The average molecular weight is 333 g/mol. The fourth-order valence-electron chi connectivity index (χ4n) is 2.50. The van der Waals surface area contributed by atoms with E-state index in [0.717, 1.165) is 5.56 Å². The minimum Gasteiger partial charge on any atom is -0.493 e. The molecule has 1 aliphatic rings. The smallest absolute Gasteiger partial charge is 0.335 e. The van der Waals surface area contributed by atoms with E-state index >= 15 is 0 Å². The molecule has 0 fully saturated rings. The van der Waals surface area contributed by atoms with E-state index in [1.807, 2.05) is 18.2 Å². The lowest BCUT2D eigenvalue weighted by molar-refractivity contribution is 0.0696. The van der Waals surface area contributed by atoms with E-state index in [-0.39, 0.29) is 16.5 Å². The molecule has 0 amide bonds. The standard InChI is InChI=1S/C16H15NO5S/c18-16(19)11-5-7-12(8-6-11)23(20,21)17-14-9-10-22-15-4-2-1-3-13(14)15/h1-8,14,17H,9-10H2,(H,18,19). The van der Waals surface area contributed by atoms with Crippen LogP contribution in [0.5, 0.6) is 5.75 Å². The van der Waals surface area contributed by atoms with Gasteiger partial charge in [0.25, 0.3) is 0 Å². The molecule has 0 aromatic heterocycles. The first-order chi connectivity index (χ1) is 11.0. The number of hydrogen-bond donors (Lipinski definition) is 2. The zero-order valence-electron chi connectivity index (χ0n) is 12.1. The van der Waals surface area contributed by atoms with Crippen LogP contribution in [0.1, 0.15) is 28.4 Å². The number of carbonyl (C=O) groups is 1. The van der Waals surface area contributed by atoms with Crippen LogP contribution in [0.4, 0.5) is 0 Å². The Bertz CT molecular complexity index is 830. The van der Waals surface area contributed by atoms with Crippen molar-refractivity contribution in [2.45, 2.75) is 17.4 Å². The summed E-state index contributed by atoms with van der Waals surface area (Å²) in [5.41, 5.74) is 0.838. The quantitative estimate of drug-likeness (QED) is 0.895. The molecule has 7 heteroatoms. The number of fused-ring (bicyclic) bond motifs is 1. The Morgan fingerprint density at radius 1 is 1.13 bits per heavy atom. The van der Waals surface area contributed by atoms with Crippen LogP contribution in [0.15, 0.2) is 53.4 Å². The highest BCUT2D eigenvalue weighted by Gasteiger charge is 2.26. The minimum atomic E-state index is -3.74. The van der Waals surface area contributed by atoms with Gasteiger partial charge < -0.3 is 9.84 Å². The molecule has 1 unspecified atom stereocenters. The number of ether oxygens (including phenoxy) is 1. The van der Waals surface area contributed by atoms with Gasteiger partial charge >= 0.3 is 5.97 Å². The van der Waals surface area contributed by atoms with Crippen LogP contribution >= 0.6 is 0 Å². The van der Waals surface area contributed by atoms with E-state index in [4.69, 9.17) is 9.84 Å². The maximum absolute atomic E-state index is 12.5. The number of nitrogens with one attached hydrogen (secondary N) is 1. The number of benzene rings is 2. The van der Waals surface area contributed by atoms with Gasteiger partial charge in [-0.05, 0) is 30.3 Å². The van der Waals surface area contributed by atoms with Gasteiger partial charge in [-0.2, -0.15) is 0 Å². The van der Waals surface area contributed by atoms with Crippen LogP contribution in [0.25, 0.3) is 0 Å². The van der Waals surface area contributed by atoms with Gasteiger partial charge in [0.05, 0.1) is 23.1 Å². The molecule has 23 heavy (non-hydrogen) atoms. The van der Waals surface area contributed by atoms with Crippen molar-refractivity contribution in [2.24, 2.45) is 0 Å². The lowest BCUT2D eigenvalue weighted by atomic mass is 10.0. The van der Waals surface area contributed by atoms with Crippen molar-refractivity contribution in [3.63, 3.8) is 0 Å². The van der Waals surface area contributed by atoms with Gasteiger partial charge in [0.1, 0.15) is 5.75 Å². The molecule has 1 atom stereocenters. The van der Waals surface area contributed by atoms with Gasteiger partial charge in [0.15, 0.2) is 0 Å². The van der Waals surface area contributed by atoms with Crippen molar-refractivity contribution in [3.05, 3.63) is 59.7 Å². The lowest BCUT2D eigenvalue weighted by Gasteiger charge is -2.26. The van der Waals surface area contributed by atoms with Gasteiger partial charge in [-0.15, -0.1) is 0 Å². The van der Waals surface area contributed by atoms with Gasteiger partial charge in [-0.1, -0.05) is 18.2 Å². The Morgan fingerprint density at radius 2 is 1.83 bits per heavy atom. The van der Waals surface area contributed by atoms with Crippen LogP contribution < -0.4 is 9.46 Å². The molecule has 2 N–H and O–H groups in total. The van der Waals surface area contributed by atoms with Gasteiger partial charge in [0.2, 0.25) is 10.0 Å². The maximum Gasteiger partial charge on any atom is 0.335 e. The fraction of sp³-hybridized carbons (Fsp3) is 0.188. The number of carboxylic acid groups (broad SMARTS) is 1. The number of rotatable bonds is 4. The van der Waals surface area contributed by atoms with E-state index in [1.54, 1.807) is 6.07 Å². The molecule has 0 saturated heterocycles. The van der Waals surface area contributed by atoms with Gasteiger partial charge in [-0.3, -0.25) is 0 Å². The summed E-state index contributed by atoms with van der Waals surface area (Å²) in [6, 6.07) is 12.0. The van der Waals surface area contributed by atoms with Crippen molar-refractivity contribution >= 4 is 16.0 Å². The first-order valence-electron chi connectivity index (χ1n) is 7.05. The van der Waals surface area contributed by atoms with E-state index in [2.05, 4.69) is 4.72 Å². The Morgan fingerprint density at radius 3 is 2.52 bits per heavy atom. The zero-order chi connectivity index (χ0) is 16.4. The third kappa shape index (κ3) is 3.20. The summed E-state index contributed by atoms with van der Waals surface area (Å²) in [5, 5.41) is 8.87. The van der Waals surface area contributed by atoms with Crippen LogP contribution in [-0.4, -0.2) is 26.1 Å². The number of hydrogen-bond acceptors (Lipinski definition) is 4. The number of para-hydroxylation sites is 1. The molecular weight excluding hydrogens is 318 g/mol. The predicted octanol–water partition coefficient (Wildman–Crippen LogP) is 2.19. The number of sulfonamides is 1. The molecule has 6 nitrogen and oxygen atoms in total. The Labute approximate surface area is 133 Å². The summed E-state index contributed by atoms with van der Waals surface area (Å²) in [6.45, 7) is 0.433. The van der Waals surface area contributed by atoms with Crippen LogP contribution in [-0.2, 0) is 10.0 Å². The third-order valence-electron chi connectivity index (χ3n) is 3.67. The molecule has 0 radical (unpaired) electrons. The lowest BCUT2D eigenvalue weighted by Crippen LogP contribution is -2.32. The van der Waals surface area contributed by atoms with Crippen molar-refractivity contribution in [1.82, 2.24) is 4.72 Å². The molecule has 2 aromatic carbocycles. The average Bonchev–Trinajstić information content (AvgIpc) is 2.55. The van der Waals surface area contributed by atoms with Crippen LogP contribution in [0, 0.1) is 0 Å². The molecule has 0 saturated carbocycles. The summed E-state index contributed by atoms with van der Waals surface area (Å²) in [7, 11) is -3.74. The second-order valence-corrected chi connectivity index (χ2v) is 6.89. The molecule has 1 aliphatic heterocycles.